The summed E-state index contributed by atoms with van der Waals surface area (Å²) < 4.78 is 0. The fourth-order valence-corrected chi connectivity index (χ4v) is 3.88. The van der Waals surface area contributed by atoms with Crippen molar-refractivity contribution < 1.29 is 0 Å². The molecule has 0 saturated heterocycles. The average molecular weight is 424 g/mol. The number of rotatable bonds is 5. The maximum atomic E-state index is 4.91. The Hall–Kier alpha value is -4.00. The third kappa shape index (κ3) is 3.97. The molecule has 0 bridgehead atoms. The smallest absolute Gasteiger partial charge is 0.135 e. The first kappa shape index (κ1) is 19.9. The van der Waals surface area contributed by atoms with E-state index in [9.17, 15) is 0 Å². The monoisotopic (exact) mass is 423 g/mol. The standard InChI is InChI=1S/C25H25N7/c1-15(11-25(2,3)4)28-18-9-17(12-27-13-18)19-5-6-20-23(30-19)24(32-31-20)21-10-16-7-8-26-14-22(16)29-21/h5-10,12-14,28-29H,1,11H2,2-4H3,(H,31,32). The molecule has 0 unspecified atom stereocenters. The molecule has 0 aliphatic rings. The Balaban J connectivity index is 1.49. The van der Waals surface area contributed by atoms with Gasteiger partial charge in [-0.3, -0.25) is 15.1 Å². The lowest BCUT2D eigenvalue weighted by atomic mass is 9.91. The summed E-state index contributed by atoms with van der Waals surface area (Å²) in [6.07, 6.45) is 8.09. The van der Waals surface area contributed by atoms with E-state index in [1.54, 1.807) is 12.4 Å². The van der Waals surface area contributed by atoms with Crippen molar-refractivity contribution in [2.45, 2.75) is 27.2 Å². The van der Waals surface area contributed by atoms with Gasteiger partial charge in [-0.05, 0) is 42.2 Å². The summed E-state index contributed by atoms with van der Waals surface area (Å²) in [6, 6.07) is 10.1. The summed E-state index contributed by atoms with van der Waals surface area (Å²) >= 11 is 0. The van der Waals surface area contributed by atoms with Crippen LogP contribution < -0.4 is 5.32 Å². The van der Waals surface area contributed by atoms with Crippen molar-refractivity contribution in [1.82, 2.24) is 30.1 Å². The van der Waals surface area contributed by atoms with E-state index in [1.165, 1.54) is 0 Å². The Bertz CT molecular complexity index is 1400. The zero-order valence-electron chi connectivity index (χ0n) is 18.4. The van der Waals surface area contributed by atoms with E-state index in [4.69, 9.17) is 4.98 Å². The number of nitrogens with zero attached hydrogens (tertiary/aromatic N) is 4. The number of allylic oxidation sites excluding steroid dienone is 1. The highest BCUT2D eigenvalue weighted by molar-refractivity contribution is 5.94. The van der Waals surface area contributed by atoms with Gasteiger partial charge in [0.2, 0.25) is 0 Å². The molecule has 0 fully saturated rings. The van der Waals surface area contributed by atoms with E-state index in [0.29, 0.717) is 0 Å². The topological polar surface area (TPSA) is 95.2 Å². The lowest BCUT2D eigenvalue weighted by Gasteiger charge is -2.20. The van der Waals surface area contributed by atoms with Crippen molar-refractivity contribution in [2.75, 3.05) is 5.32 Å². The van der Waals surface area contributed by atoms with Crippen molar-refractivity contribution in [2.24, 2.45) is 5.41 Å². The molecule has 5 rings (SSSR count). The number of H-pyrrole nitrogens is 2. The second-order valence-electron chi connectivity index (χ2n) is 9.24. The van der Waals surface area contributed by atoms with Crippen LogP contribution in [0.2, 0.25) is 0 Å². The number of anilines is 1. The Morgan fingerprint density at radius 3 is 2.72 bits per heavy atom. The largest absolute Gasteiger partial charge is 0.358 e. The molecule has 0 saturated carbocycles. The normalized spacial score (nSPS) is 11.8. The molecule has 0 amide bonds. The molecule has 160 valence electrons. The lowest BCUT2D eigenvalue weighted by molar-refractivity contribution is 0.411. The van der Waals surface area contributed by atoms with Gasteiger partial charge in [0.15, 0.2) is 0 Å². The number of hydrogen-bond acceptors (Lipinski definition) is 5. The first-order chi connectivity index (χ1) is 15.4. The molecule has 5 heterocycles. The maximum absolute atomic E-state index is 4.91. The highest BCUT2D eigenvalue weighted by atomic mass is 15.1. The van der Waals surface area contributed by atoms with Gasteiger partial charge in [-0.2, -0.15) is 5.10 Å². The first-order valence-electron chi connectivity index (χ1n) is 10.5. The van der Waals surface area contributed by atoms with Gasteiger partial charge in [0.1, 0.15) is 11.2 Å². The van der Waals surface area contributed by atoms with Crippen LogP contribution in [0.25, 0.3) is 44.6 Å². The molecule has 0 radical (unpaired) electrons. The molecule has 0 spiro atoms. The summed E-state index contributed by atoms with van der Waals surface area (Å²) in [4.78, 5) is 16.9. The molecule has 0 aliphatic carbocycles. The van der Waals surface area contributed by atoms with Crippen LogP contribution in [-0.4, -0.2) is 30.1 Å². The van der Waals surface area contributed by atoms with Crippen LogP contribution >= 0.6 is 0 Å². The van der Waals surface area contributed by atoms with Crippen molar-refractivity contribution in [3.05, 3.63) is 67.4 Å². The lowest BCUT2D eigenvalue weighted by Crippen LogP contribution is -2.10. The van der Waals surface area contributed by atoms with Crippen LogP contribution in [0.3, 0.4) is 0 Å². The van der Waals surface area contributed by atoms with E-state index >= 15 is 0 Å². The minimum absolute atomic E-state index is 0.165. The minimum Gasteiger partial charge on any atom is -0.358 e. The molecule has 0 aromatic carbocycles. The molecule has 32 heavy (non-hydrogen) atoms. The summed E-state index contributed by atoms with van der Waals surface area (Å²) in [7, 11) is 0. The van der Waals surface area contributed by atoms with Crippen LogP contribution in [0.5, 0.6) is 0 Å². The third-order valence-corrected chi connectivity index (χ3v) is 5.19. The van der Waals surface area contributed by atoms with E-state index in [-0.39, 0.29) is 5.41 Å². The van der Waals surface area contributed by atoms with Crippen molar-refractivity contribution >= 4 is 27.6 Å². The highest BCUT2D eigenvalue weighted by Gasteiger charge is 2.15. The molecular weight excluding hydrogens is 398 g/mol. The number of aromatic amines is 2. The van der Waals surface area contributed by atoms with Crippen LogP contribution in [0.1, 0.15) is 27.2 Å². The molecule has 3 N–H and O–H groups in total. The van der Waals surface area contributed by atoms with E-state index in [0.717, 1.165) is 62.4 Å². The predicted octanol–water partition coefficient (Wildman–Crippen LogP) is 5.93. The highest BCUT2D eigenvalue weighted by Crippen LogP contribution is 2.30. The Morgan fingerprint density at radius 2 is 1.91 bits per heavy atom. The van der Waals surface area contributed by atoms with Crippen molar-refractivity contribution in [1.29, 1.82) is 0 Å². The van der Waals surface area contributed by atoms with Crippen LogP contribution in [-0.2, 0) is 0 Å². The van der Waals surface area contributed by atoms with E-state index < -0.39 is 0 Å². The maximum Gasteiger partial charge on any atom is 0.135 e. The van der Waals surface area contributed by atoms with Crippen LogP contribution in [0.4, 0.5) is 5.69 Å². The summed E-state index contributed by atoms with van der Waals surface area (Å²) in [6.45, 7) is 10.7. The SMILES string of the molecule is C=C(CC(C)(C)C)Nc1cncc(-c2ccc3[nH]nc(-c4cc5ccncc5[nH]4)c3n2)c1. The van der Waals surface area contributed by atoms with Gasteiger partial charge in [0.25, 0.3) is 0 Å². The van der Waals surface area contributed by atoms with Crippen molar-refractivity contribution in [3.63, 3.8) is 0 Å². The summed E-state index contributed by atoms with van der Waals surface area (Å²) in [5.41, 5.74) is 8.10. The van der Waals surface area contributed by atoms with Crippen LogP contribution in [0.15, 0.2) is 67.4 Å². The molecule has 0 atom stereocenters. The van der Waals surface area contributed by atoms with E-state index in [2.05, 4.69) is 63.9 Å². The quantitative estimate of drug-likeness (QED) is 0.326. The van der Waals surface area contributed by atoms with Gasteiger partial charge in [-0.15, -0.1) is 0 Å². The Labute approximate surface area is 186 Å². The molecular formula is C25H25N7. The van der Waals surface area contributed by atoms with Gasteiger partial charge in [0, 0.05) is 29.0 Å². The summed E-state index contributed by atoms with van der Waals surface area (Å²) in [5.74, 6) is 0. The molecule has 7 heteroatoms. The number of pyridine rings is 3. The van der Waals surface area contributed by atoms with Gasteiger partial charge in [-0.25, -0.2) is 4.98 Å². The first-order valence-corrected chi connectivity index (χ1v) is 10.5. The zero-order valence-corrected chi connectivity index (χ0v) is 18.4. The van der Waals surface area contributed by atoms with Crippen LogP contribution in [0, 0.1) is 5.41 Å². The second kappa shape index (κ2) is 7.60. The van der Waals surface area contributed by atoms with E-state index in [1.807, 2.05) is 36.7 Å². The van der Waals surface area contributed by atoms with Crippen molar-refractivity contribution in [3.8, 4) is 22.6 Å². The molecule has 5 aromatic rings. The second-order valence-corrected chi connectivity index (χ2v) is 9.24. The predicted molar refractivity (Wildman–Crippen MR) is 129 cm³/mol. The fourth-order valence-electron chi connectivity index (χ4n) is 3.88. The average Bonchev–Trinajstić information content (AvgIpc) is 3.35. The van der Waals surface area contributed by atoms with Gasteiger partial charge in [-0.1, -0.05) is 27.4 Å². The minimum atomic E-state index is 0.165. The summed E-state index contributed by atoms with van der Waals surface area (Å²) in [5, 5.41) is 12.1. The molecule has 0 aliphatic heterocycles. The number of hydrogen-bond donors (Lipinski definition) is 3. The number of aromatic nitrogens is 6. The number of fused-ring (bicyclic) bond motifs is 2. The van der Waals surface area contributed by atoms with Gasteiger partial charge in [0.05, 0.1) is 40.5 Å². The Morgan fingerprint density at radius 1 is 1.03 bits per heavy atom. The fraction of sp³-hybridized carbons (Fsp3) is 0.200. The van der Waals surface area contributed by atoms with Gasteiger partial charge >= 0.3 is 0 Å². The Kier molecular flexibility index (Phi) is 4.74. The zero-order chi connectivity index (χ0) is 22.3. The molecule has 5 aromatic heterocycles. The van der Waals surface area contributed by atoms with Gasteiger partial charge < -0.3 is 10.3 Å². The third-order valence-electron chi connectivity index (χ3n) is 5.19. The molecule has 7 nitrogen and oxygen atoms in total. The number of nitrogens with one attached hydrogen (secondary N) is 3.